The van der Waals surface area contributed by atoms with Gasteiger partial charge in [-0.25, -0.2) is 0 Å². The second kappa shape index (κ2) is 6.29. The number of carbonyl (C=O) groups is 1. The number of benzene rings is 1. The highest BCUT2D eigenvalue weighted by Gasteiger charge is 2.13. The van der Waals surface area contributed by atoms with Gasteiger partial charge < -0.3 is 0 Å². The largest absolute Gasteiger partial charge is 0.298 e. The molecule has 0 N–H and O–H groups in total. The van der Waals surface area contributed by atoms with E-state index in [2.05, 4.69) is 15.9 Å². The Morgan fingerprint density at radius 3 is 2.53 bits per heavy atom. The molecule has 0 saturated carbocycles. The Morgan fingerprint density at radius 2 is 2.00 bits per heavy atom. The maximum atomic E-state index is 11.5. The Kier molecular flexibility index (Phi) is 5.34. The zero-order valence-corrected chi connectivity index (χ0v) is 11.0. The lowest BCUT2D eigenvalue weighted by Gasteiger charge is -2.08. The highest BCUT2D eigenvalue weighted by Crippen LogP contribution is 2.15. The summed E-state index contributed by atoms with van der Waals surface area (Å²) in [5, 5.41) is 0.727. The van der Waals surface area contributed by atoms with Crippen LogP contribution in [0.25, 0.3) is 0 Å². The number of hydrogen-bond donors (Lipinski definition) is 0. The van der Waals surface area contributed by atoms with Crippen LogP contribution in [-0.2, 0) is 11.2 Å². The van der Waals surface area contributed by atoms with E-state index in [4.69, 9.17) is 11.6 Å². The van der Waals surface area contributed by atoms with Gasteiger partial charge in [-0.05, 0) is 30.5 Å². The van der Waals surface area contributed by atoms with Crippen LogP contribution in [0.2, 0.25) is 5.02 Å². The monoisotopic (exact) mass is 288 g/mol. The van der Waals surface area contributed by atoms with Gasteiger partial charge in [0.05, 0.1) is 4.83 Å². The predicted molar refractivity (Wildman–Crippen MR) is 67.8 cm³/mol. The van der Waals surface area contributed by atoms with Crippen molar-refractivity contribution in [2.24, 2.45) is 0 Å². The lowest BCUT2D eigenvalue weighted by atomic mass is 10.1. The molecule has 1 aromatic carbocycles. The topological polar surface area (TPSA) is 17.1 Å². The molecule has 0 aliphatic heterocycles. The van der Waals surface area contributed by atoms with Gasteiger partial charge in [-0.1, -0.05) is 46.6 Å². The van der Waals surface area contributed by atoms with Crippen LogP contribution in [0.15, 0.2) is 24.3 Å². The van der Waals surface area contributed by atoms with Gasteiger partial charge in [-0.3, -0.25) is 4.79 Å². The van der Waals surface area contributed by atoms with Crippen molar-refractivity contribution < 1.29 is 4.79 Å². The Balaban J connectivity index is 2.54. The summed E-state index contributed by atoms with van der Waals surface area (Å²) in [6.07, 6.45) is 2.28. The minimum absolute atomic E-state index is 0.0707. The number of carbonyl (C=O) groups excluding carboxylic acids is 1. The Hall–Kier alpha value is -0.340. The molecule has 0 spiro atoms. The molecule has 3 heteroatoms. The number of ketones is 1. The van der Waals surface area contributed by atoms with Crippen LogP contribution in [0, 0.1) is 0 Å². The molecule has 1 nitrogen and oxygen atoms in total. The molecule has 1 unspecified atom stereocenters. The molecule has 1 aromatic rings. The predicted octanol–water partition coefficient (Wildman–Crippen LogP) is 4.02. The minimum Gasteiger partial charge on any atom is -0.298 e. The highest BCUT2D eigenvalue weighted by molar-refractivity contribution is 9.10. The van der Waals surface area contributed by atoms with Gasteiger partial charge in [0.15, 0.2) is 0 Å². The first-order valence-corrected chi connectivity index (χ1v) is 6.34. The first-order chi connectivity index (χ1) is 7.13. The van der Waals surface area contributed by atoms with Crippen molar-refractivity contribution in [3.8, 4) is 0 Å². The summed E-state index contributed by atoms with van der Waals surface area (Å²) >= 11 is 9.20. The molecule has 0 saturated heterocycles. The van der Waals surface area contributed by atoms with Gasteiger partial charge in [0.25, 0.3) is 0 Å². The molecule has 0 fully saturated rings. The molecular formula is C12H14BrClO. The molecule has 0 aromatic heterocycles. The van der Waals surface area contributed by atoms with Crippen LogP contribution in [0.4, 0.5) is 0 Å². The summed E-state index contributed by atoms with van der Waals surface area (Å²) in [4.78, 5) is 11.5. The quantitative estimate of drug-likeness (QED) is 0.748. The van der Waals surface area contributed by atoms with Crippen molar-refractivity contribution in [3.63, 3.8) is 0 Å². The third-order valence-electron chi connectivity index (χ3n) is 2.17. The summed E-state index contributed by atoms with van der Waals surface area (Å²) in [7, 11) is 0. The van der Waals surface area contributed by atoms with Gasteiger partial charge in [0.2, 0.25) is 0 Å². The third kappa shape index (κ3) is 4.35. The van der Waals surface area contributed by atoms with Crippen molar-refractivity contribution in [2.45, 2.75) is 31.0 Å². The molecule has 0 aliphatic carbocycles. The summed E-state index contributed by atoms with van der Waals surface area (Å²) in [5.74, 6) is 0.271. The minimum atomic E-state index is -0.0707. The van der Waals surface area contributed by atoms with E-state index in [1.54, 1.807) is 0 Å². The number of Topliss-reactive ketones (excluding diaryl/α,β-unsaturated/α-hetero) is 1. The van der Waals surface area contributed by atoms with E-state index < -0.39 is 0 Å². The standard InChI is InChI=1S/C12H14BrClO/c1-2-3-12(15)11(13)8-9-4-6-10(14)7-5-9/h4-7,11H,2-3,8H2,1H3. The smallest absolute Gasteiger partial charge is 0.146 e. The number of halogens is 2. The maximum Gasteiger partial charge on any atom is 0.146 e. The van der Waals surface area contributed by atoms with E-state index in [9.17, 15) is 4.79 Å². The fourth-order valence-electron chi connectivity index (χ4n) is 1.34. The van der Waals surface area contributed by atoms with Crippen LogP contribution in [0.1, 0.15) is 25.3 Å². The van der Waals surface area contributed by atoms with Gasteiger partial charge in [0.1, 0.15) is 5.78 Å². The fourth-order valence-corrected chi connectivity index (χ4v) is 2.07. The average Bonchev–Trinajstić information content (AvgIpc) is 2.22. The van der Waals surface area contributed by atoms with Gasteiger partial charge in [0, 0.05) is 11.4 Å². The lowest BCUT2D eigenvalue weighted by molar-refractivity contribution is -0.118. The first-order valence-electron chi connectivity index (χ1n) is 5.04. The van der Waals surface area contributed by atoms with Crippen molar-refractivity contribution in [1.82, 2.24) is 0 Å². The molecule has 0 amide bonds. The molecular weight excluding hydrogens is 275 g/mol. The molecule has 1 atom stereocenters. The molecule has 1 rings (SSSR count). The van der Waals surface area contributed by atoms with E-state index in [1.165, 1.54) is 0 Å². The van der Waals surface area contributed by atoms with Crippen LogP contribution in [0.3, 0.4) is 0 Å². The van der Waals surface area contributed by atoms with Crippen molar-refractivity contribution in [1.29, 1.82) is 0 Å². The van der Waals surface area contributed by atoms with Crippen molar-refractivity contribution in [3.05, 3.63) is 34.9 Å². The highest BCUT2D eigenvalue weighted by atomic mass is 79.9. The summed E-state index contributed by atoms with van der Waals surface area (Å²) in [5.41, 5.74) is 1.13. The Bertz CT molecular complexity index is 321. The fraction of sp³-hybridized carbons (Fsp3) is 0.417. The maximum absolute atomic E-state index is 11.5. The van der Waals surface area contributed by atoms with E-state index in [1.807, 2.05) is 31.2 Å². The number of rotatable bonds is 5. The van der Waals surface area contributed by atoms with Crippen molar-refractivity contribution >= 4 is 33.3 Å². The van der Waals surface area contributed by atoms with Crippen LogP contribution >= 0.6 is 27.5 Å². The number of alkyl halides is 1. The van der Waals surface area contributed by atoms with Gasteiger partial charge in [-0.2, -0.15) is 0 Å². The van der Waals surface area contributed by atoms with E-state index in [-0.39, 0.29) is 10.6 Å². The lowest BCUT2D eigenvalue weighted by Crippen LogP contribution is -2.16. The second-order valence-electron chi connectivity index (χ2n) is 3.51. The molecule has 0 bridgehead atoms. The normalized spacial score (nSPS) is 12.5. The Morgan fingerprint density at radius 1 is 1.40 bits per heavy atom. The van der Waals surface area contributed by atoms with Crippen LogP contribution < -0.4 is 0 Å². The second-order valence-corrected chi connectivity index (χ2v) is 5.06. The third-order valence-corrected chi connectivity index (χ3v) is 3.26. The molecule has 0 aliphatic rings. The molecule has 15 heavy (non-hydrogen) atoms. The molecule has 0 heterocycles. The number of hydrogen-bond acceptors (Lipinski definition) is 1. The van der Waals surface area contributed by atoms with E-state index >= 15 is 0 Å². The van der Waals surface area contributed by atoms with Gasteiger partial charge in [-0.15, -0.1) is 0 Å². The zero-order valence-electron chi connectivity index (χ0n) is 8.67. The van der Waals surface area contributed by atoms with E-state index in [0.717, 1.165) is 23.4 Å². The zero-order chi connectivity index (χ0) is 11.3. The van der Waals surface area contributed by atoms with Crippen LogP contribution in [0.5, 0.6) is 0 Å². The van der Waals surface area contributed by atoms with Crippen LogP contribution in [-0.4, -0.2) is 10.6 Å². The van der Waals surface area contributed by atoms with Crippen molar-refractivity contribution in [2.75, 3.05) is 0 Å². The molecule has 0 radical (unpaired) electrons. The average molecular weight is 290 g/mol. The van der Waals surface area contributed by atoms with E-state index in [0.29, 0.717) is 6.42 Å². The SMILES string of the molecule is CCCC(=O)C(Br)Cc1ccc(Cl)cc1. The Labute approximate surface area is 104 Å². The first kappa shape index (κ1) is 12.7. The van der Waals surface area contributed by atoms with Gasteiger partial charge >= 0.3 is 0 Å². The summed E-state index contributed by atoms with van der Waals surface area (Å²) in [6.45, 7) is 2.01. The summed E-state index contributed by atoms with van der Waals surface area (Å²) in [6, 6.07) is 7.60. The summed E-state index contributed by atoms with van der Waals surface area (Å²) < 4.78 is 0. The molecule has 82 valence electrons.